The van der Waals surface area contributed by atoms with E-state index in [-0.39, 0.29) is 12.3 Å². The van der Waals surface area contributed by atoms with Gasteiger partial charge in [-0.05, 0) is 32.4 Å². The lowest BCUT2D eigenvalue weighted by atomic mass is 10.1. The molecule has 0 saturated heterocycles. The van der Waals surface area contributed by atoms with E-state index in [1.807, 2.05) is 32.9 Å². The van der Waals surface area contributed by atoms with Crippen molar-refractivity contribution in [3.05, 3.63) is 23.3 Å². The first-order valence-electron chi connectivity index (χ1n) is 6.01. The van der Waals surface area contributed by atoms with Gasteiger partial charge >= 0.3 is 0 Å². The van der Waals surface area contributed by atoms with E-state index < -0.39 is 0 Å². The van der Waals surface area contributed by atoms with Gasteiger partial charge in [0.05, 0.1) is 13.2 Å². The highest BCUT2D eigenvalue weighted by molar-refractivity contribution is 5.60. The maximum absolute atomic E-state index is 5.41. The van der Waals surface area contributed by atoms with E-state index in [4.69, 9.17) is 14.2 Å². The van der Waals surface area contributed by atoms with Crippen LogP contribution in [0.3, 0.4) is 0 Å². The Morgan fingerprint density at radius 1 is 1.06 bits per heavy atom. The monoisotopic (exact) mass is 253 g/mol. The highest BCUT2D eigenvalue weighted by Gasteiger charge is 2.17. The van der Waals surface area contributed by atoms with Gasteiger partial charge in [0.25, 0.3) is 0 Å². The molecule has 1 aromatic rings. The van der Waals surface area contributed by atoms with Crippen molar-refractivity contribution < 1.29 is 14.2 Å². The molecule has 0 fully saturated rings. The van der Waals surface area contributed by atoms with E-state index in [0.717, 1.165) is 22.6 Å². The van der Waals surface area contributed by atoms with E-state index in [1.54, 1.807) is 21.3 Å². The van der Waals surface area contributed by atoms with Crippen molar-refractivity contribution >= 4 is 5.69 Å². The minimum Gasteiger partial charge on any atom is -0.496 e. The van der Waals surface area contributed by atoms with Crippen molar-refractivity contribution in [2.24, 2.45) is 0 Å². The van der Waals surface area contributed by atoms with Crippen LogP contribution >= 0.6 is 0 Å². The standard InChI is InChI=1S/C14H23NO3/c1-9-7-8-12(10(2)13(9)16-4)15-11(3)14(17-5)18-6/h7-8,11,14-15H,1-6H3. The third-order valence-electron chi connectivity index (χ3n) is 3.06. The Kier molecular flexibility index (Phi) is 5.44. The zero-order chi connectivity index (χ0) is 13.7. The predicted octanol–water partition coefficient (Wildman–Crippen LogP) is 2.73. The van der Waals surface area contributed by atoms with Gasteiger partial charge in [0.2, 0.25) is 0 Å². The van der Waals surface area contributed by atoms with E-state index in [9.17, 15) is 0 Å². The van der Waals surface area contributed by atoms with Crippen LogP contribution in [0.4, 0.5) is 5.69 Å². The summed E-state index contributed by atoms with van der Waals surface area (Å²) in [6.07, 6.45) is -0.281. The SMILES string of the molecule is COc1c(C)ccc(NC(C)C(OC)OC)c1C. The molecular weight excluding hydrogens is 230 g/mol. The van der Waals surface area contributed by atoms with Crippen molar-refractivity contribution in [2.75, 3.05) is 26.6 Å². The van der Waals surface area contributed by atoms with Crippen LogP contribution in [0, 0.1) is 13.8 Å². The molecule has 0 radical (unpaired) electrons. The molecule has 4 heteroatoms. The van der Waals surface area contributed by atoms with Crippen molar-refractivity contribution in [1.29, 1.82) is 0 Å². The van der Waals surface area contributed by atoms with Gasteiger partial charge in [0.15, 0.2) is 6.29 Å². The normalized spacial score (nSPS) is 12.6. The molecule has 0 spiro atoms. The van der Waals surface area contributed by atoms with E-state index in [1.165, 1.54) is 0 Å². The molecular formula is C14H23NO3. The summed E-state index contributed by atoms with van der Waals surface area (Å²) in [6, 6.07) is 4.13. The average Bonchev–Trinajstić information content (AvgIpc) is 2.35. The van der Waals surface area contributed by atoms with Gasteiger partial charge in [0.1, 0.15) is 5.75 Å². The summed E-state index contributed by atoms with van der Waals surface area (Å²) in [7, 11) is 4.96. The topological polar surface area (TPSA) is 39.7 Å². The predicted molar refractivity (Wildman–Crippen MR) is 73.4 cm³/mol. The van der Waals surface area contributed by atoms with Gasteiger partial charge in [-0.25, -0.2) is 0 Å². The first kappa shape index (κ1) is 14.8. The third kappa shape index (κ3) is 3.15. The maximum atomic E-state index is 5.41. The molecule has 1 rings (SSSR count). The van der Waals surface area contributed by atoms with Crippen LogP contribution in [0.1, 0.15) is 18.1 Å². The number of hydrogen-bond acceptors (Lipinski definition) is 4. The molecule has 0 aliphatic heterocycles. The van der Waals surface area contributed by atoms with Crippen molar-refractivity contribution in [3.8, 4) is 5.75 Å². The number of nitrogens with one attached hydrogen (secondary N) is 1. The molecule has 0 aliphatic carbocycles. The molecule has 1 unspecified atom stereocenters. The molecule has 0 aromatic heterocycles. The minimum absolute atomic E-state index is 0.0473. The second kappa shape index (κ2) is 6.61. The van der Waals surface area contributed by atoms with Crippen LogP contribution < -0.4 is 10.1 Å². The first-order chi connectivity index (χ1) is 8.54. The Morgan fingerprint density at radius 3 is 2.17 bits per heavy atom. The van der Waals surface area contributed by atoms with Crippen LogP contribution in [0.5, 0.6) is 5.75 Å². The van der Waals surface area contributed by atoms with Gasteiger partial charge in [-0.15, -0.1) is 0 Å². The van der Waals surface area contributed by atoms with Crippen molar-refractivity contribution in [2.45, 2.75) is 33.1 Å². The smallest absolute Gasteiger partial charge is 0.176 e. The fraction of sp³-hybridized carbons (Fsp3) is 0.571. The molecule has 18 heavy (non-hydrogen) atoms. The average molecular weight is 253 g/mol. The van der Waals surface area contributed by atoms with Gasteiger partial charge in [0, 0.05) is 25.5 Å². The number of hydrogen-bond donors (Lipinski definition) is 1. The lowest BCUT2D eigenvalue weighted by Gasteiger charge is -2.24. The molecule has 0 aliphatic rings. The van der Waals surface area contributed by atoms with E-state index in [0.29, 0.717) is 0 Å². The number of rotatable bonds is 6. The fourth-order valence-electron chi connectivity index (χ4n) is 2.12. The summed E-state index contributed by atoms with van der Waals surface area (Å²) in [5, 5.41) is 3.38. The van der Waals surface area contributed by atoms with Gasteiger partial charge in [-0.2, -0.15) is 0 Å². The highest BCUT2D eigenvalue weighted by Crippen LogP contribution is 2.29. The summed E-state index contributed by atoms with van der Waals surface area (Å²) in [5.41, 5.74) is 3.25. The number of methoxy groups -OCH3 is 3. The lowest BCUT2D eigenvalue weighted by Crippen LogP contribution is -2.34. The Bertz CT molecular complexity index is 389. The Hall–Kier alpha value is -1.26. The summed E-state index contributed by atoms with van der Waals surface area (Å²) < 4.78 is 15.9. The zero-order valence-electron chi connectivity index (χ0n) is 12.0. The van der Waals surface area contributed by atoms with Gasteiger partial charge in [-0.1, -0.05) is 6.07 Å². The third-order valence-corrected chi connectivity index (χ3v) is 3.06. The van der Waals surface area contributed by atoms with Crippen LogP contribution in [0.2, 0.25) is 0 Å². The van der Waals surface area contributed by atoms with E-state index in [2.05, 4.69) is 5.32 Å². The highest BCUT2D eigenvalue weighted by atomic mass is 16.7. The van der Waals surface area contributed by atoms with Gasteiger partial charge in [-0.3, -0.25) is 0 Å². The summed E-state index contributed by atoms with van der Waals surface area (Å²) in [5.74, 6) is 0.915. The maximum Gasteiger partial charge on any atom is 0.176 e. The molecule has 0 amide bonds. The summed E-state index contributed by atoms with van der Waals surface area (Å²) >= 11 is 0. The van der Waals surface area contributed by atoms with Crippen LogP contribution in [0.25, 0.3) is 0 Å². The van der Waals surface area contributed by atoms with Crippen LogP contribution in [-0.4, -0.2) is 33.7 Å². The number of anilines is 1. The molecule has 4 nitrogen and oxygen atoms in total. The molecule has 0 saturated carbocycles. The molecule has 1 atom stereocenters. The number of benzene rings is 1. The zero-order valence-corrected chi connectivity index (χ0v) is 12.0. The van der Waals surface area contributed by atoms with Gasteiger partial charge < -0.3 is 19.5 Å². The lowest BCUT2D eigenvalue weighted by molar-refractivity contribution is -0.109. The van der Waals surface area contributed by atoms with Crippen LogP contribution in [-0.2, 0) is 9.47 Å². The van der Waals surface area contributed by atoms with Crippen molar-refractivity contribution in [1.82, 2.24) is 0 Å². The summed E-state index contributed by atoms with van der Waals surface area (Å²) in [6.45, 7) is 6.09. The largest absolute Gasteiger partial charge is 0.496 e. The Balaban J connectivity index is 2.91. The second-order valence-corrected chi connectivity index (χ2v) is 4.36. The molecule has 102 valence electrons. The Labute approximate surface area is 109 Å². The summed E-state index contributed by atoms with van der Waals surface area (Å²) in [4.78, 5) is 0. The second-order valence-electron chi connectivity index (χ2n) is 4.36. The molecule has 0 bridgehead atoms. The first-order valence-corrected chi connectivity index (χ1v) is 6.01. The fourth-order valence-corrected chi connectivity index (χ4v) is 2.12. The molecule has 0 heterocycles. The molecule has 1 N–H and O–H groups in total. The number of aryl methyl sites for hydroxylation is 1. The Morgan fingerprint density at radius 2 is 1.67 bits per heavy atom. The van der Waals surface area contributed by atoms with E-state index >= 15 is 0 Å². The number of ether oxygens (including phenoxy) is 3. The minimum atomic E-state index is -0.281. The molecule has 1 aromatic carbocycles. The van der Waals surface area contributed by atoms with Crippen molar-refractivity contribution in [3.63, 3.8) is 0 Å². The van der Waals surface area contributed by atoms with Crippen LogP contribution in [0.15, 0.2) is 12.1 Å². The quantitative estimate of drug-likeness (QED) is 0.791.